The first-order valence-corrected chi connectivity index (χ1v) is 18.2. The van der Waals surface area contributed by atoms with Crippen LogP contribution in [0, 0.1) is 11.3 Å². The van der Waals surface area contributed by atoms with Crippen LogP contribution in [0.4, 0.5) is 4.79 Å². The van der Waals surface area contributed by atoms with Crippen molar-refractivity contribution in [2.75, 3.05) is 13.7 Å². The van der Waals surface area contributed by atoms with E-state index in [1.165, 1.54) is 11.0 Å². The van der Waals surface area contributed by atoms with Crippen molar-refractivity contribution in [2.24, 2.45) is 11.3 Å². The number of carbonyl (C=O) groups excluding carboxylic acids is 4. The van der Waals surface area contributed by atoms with Crippen LogP contribution in [-0.4, -0.2) is 90.3 Å². The van der Waals surface area contributed by atoms with Crippen LogP contribution in [-0.2, 0) is 29.1 Å². The highest BCUT2D eigenvalue weighted by molar-refractivity contribution is 7.91. The number of rotatable bonds is 11. The summed E-state index contributed by atoms with van der Waals surface area (Å²) >= 11 is 0. The highest BCUT2D eigenvalue weighted by atomic mass is 35.5. The number of pyridine rings is 1. The van der Waals surface area contributed by atoms with Gasteiger partial charge >= 0.3 is 6.09 Å². The van der Waals surface area contributed by atoms with E-state index in [-0.39, 0.29) is 37.7 Å². The van der Waals surface area contributed by atoms with Gasteiger partial charge < -0.3 is 29.7 Å². The number of likely N-dealkylation sites (tertiary alicyclic amines) is 1. The monoisotopic (exact) mass is 749 g/mol. The van der Waals surface area contributed by atoms with Gasteiger partial charge in [0, 0.05) is 23.9 Å². The molecule has 0 unspecified atom stereocenters. The number of nitrogens with one attached hydrogen (secondary N) is 3. The topological polar surface area (TPSA) is 182 Å². The van der Waals surface area contributed by atoms with Gasteiger partial charge in [-0.25, -0.2) is 18.2 Å². The van der Waals surface area contributed by atoms with Crippen molar-refractivity contribution in [1.29, 1.82) is 0 Å². The second-order valence-corrected chi connectivity index (χ2v) is 17.3. The lowest BCUT2D eigenvalue weighted by molar-refractivity contribution is -0.143. The number of carbonyl (C=O) groups is 4. The van der Waals surface area contributed by atoms with E-state index in [9.17, 15) is 27.6 Å². The molecule has 2 aromatic rings. The van der Waals surface area contributed by atoms with Crippen molar-refractivity contribution in [3.63, 3.8) is 0 Å². The summed E-state index contributed by atoms with van der Waals surface area (Å²) in [7, 11) is -2.33. The first-order chi connectivity index (χ1) is 23.3. The van der Waals surface area contributed by atoms with Gasteiger partial charge in [-0.15, -0.1) is 19.0 Å². The van der Waals surface area contributed by atoms with Crippen LogP contribution in [0.1, 0.15) is 67.2 Å². The Morgan fingerprint density at radius 1 is 1.10 bits per heavy atom. The van der Waals surface area contributed by atoms with Crippen LogP contribution in [0.2, 0.25) is 0 Å². The average molecular weight is 750 g/mol. The van der Waals surface area contributed by atoms with Gasteiger partial charge in [0.1, 0.15) is 35.1 Å². The maximum absolute atomic E-state index is 14.4. The molecule has 1 aliphatic heterocycles. The molecule has 0 radical (unpaired) electrons. The molecule has 3 aliphatic rings. The van der Waals surface area contributed by atoms with Crippen LogP contribution in [0.15, 0.2) is 43.1 Å². The van der Waals surface area contributed by atoms with Crippen molar-refractivity contribution in [1.82, 2.24) is 25.2 Å². The van der Waals surface area contributed by atoms with E-state index in [4.69, 9.17) is 14.2 Å². The lowest BCUT2D eigenvalue weighted by Gasteiger charge is -2.36. The Hall–Kier alpha value is -4.11. The van der Waals surface area contributed by atoms with Gasteiger partial charge in [0.2, 0.25) is 27.7 Å². The molecule has 5 rings (SSSR count). The SMILES string of the molecule is C=C[C@@H]1C[C@]1(NC(=O)[C@@H]1C[C@@H](Oc2nccc3cc(OC)ccc23)CN1C(=O)[C@@H](NC(=O)OC(C)(C)C)C(C)(C)C)C(=O)NS(=O)(=O)C1CC1.Cl. The van der Waals surface area contributed by atoms with Crippen molar-refractivity contribution in [3.8, 4) is 11.6 Å². The molecule has 3 fully saturated rings. The van der Waals surface area contributed by atoms with Crippen molar-refractivity contribution >= 4 is 57.0 Å². The first kappa shape index (κ1) is 39.7. The van der Waals surface area contributed by atoms with Gasteiger partial charge in [-0.1, -0.05) is 26.8 Å². The summed E-state index contributed by atoms with van der Waals surface area (Å²) in [6.07, 6.45) is 2.64. The minimum atomic E-state index is -3.89. The molecule has 0 bridgehead atoms. The number of hydrogen-bond donors (Lipinski definition) is 3. The molecule has 0 spiro atoms. The van der Waals surface area contributed by atoms with Gasteiger partial charge in [-0.2, -0.15) is 0 Å². The van der Waals surface area contributed by atoms with E-state index < -0.39 is 79.7 Å². The first-order valence-electron chi connectivity index (χ1n) is 16.7. The van der Waals surface area contributed by atoms with E-state index in [1.54, 1.807) is 73.0 Å². The molecule has 14 nitrogen and oxygen atoms in total. The summed E-state index contributed by atoms with van der Waals surface area (Å²) in [6, 6.07) is 4.95. The fourth-order valence-electron chi connectivity index (χ4n) is 6.14. The Bertz CT molecular complexity index is 1800. The van der Waals surface area contributed by atoms with E-state index in [0.717, 1.165) is 5.39 Å². The maximum Gasteiger partial charge on any atom is 0.408 e. The molecule has 2 saturated carbocycles. The largest absolute Gasteiger partial charge is 0.497 e. The molecule has 1 aromatic carbocycles. The van der Waals surface area contributed by atoms with Crippen LogP contribution < -0.4 is 24.8 Å². The molecule has 1 aromatic heterocycles. The quantitative estimate of drug-likeness (QED) is 0.287. The number of methoxy groups -OCH3 is 1. The van der Waals surface area contributed by atoms with E-state index in [0.29, 0.717) is 24.0 Å². The molecule has 2 aliphatic carbocycles. The summed E-state index contributed by atoms with van der Waals surface area (Å²) in [5, 5.41) is 6.33. The lowest BCUT2D eigenvalue weighted by Crippen LogP contribution is -2.60. The normalized spacial score (nSPS) is 23.7. The minimum absolute atomic E-state index is 0. The number of aromatic nitrogens is 1. The van der Waals surface area contributed by atoms with Gasteiger partial charge in [0.25, 0.3) is 5.91 Å². The summed E-state index contributed by atoms with van der Waals surface area (Å²) in [5.74, 6) is -1.66. The van der Waals surface area contributed by atoms with Crippen LogP contribution >= 0.6 is 12.4 Å². The van der Waals surface area contributed by atoms with Crippen molar-refractivity contribution < 1.29 is 41.8 Å². The zero-order valence-electron chi connectivity index (χ0n) is 30.0. The number of sulfonamides is 1. The molecule has 1 saturated heterocycles. The van der Waals surface area contributed by atoms with Crippen LogP contribution in [0.25, 0.3) is 10.8 Å². The van der Waals surface area contributed by atoms with Gasteiger partial charge in [-0.05, 0) is 75.1 Å². The average Bonchev–Trinajstić information content (AvgIpc) is 3.95. The predicted molar refractivity (Wildman–Crippen MR) is 192 cm³/mol. The number of amides is 4. The molecule has 51 heavy (non-hydrogen) atoms. The highest BCUT2D eigenvalue weighted by Crippen LogP contribution is 2.45. The van der Waals surface area contributed by atoms with Crippen molar-refractivity contribution in [3.05, 3.63) is 43.1 Å². The second-order valence-electron chi connectivity index (χ2n) is 15.3. The summed E-state index contributed by atoms with van der Waals surface area (Å²) in [6.45, 7) is 14.2. The number of fused-ring (bicyclic) bond motifs is 1. The molecular formula is C35H48ClN5O9S. The van der Waals surface area contributed by atoms with Crippen molar-refractivity contribution in [2.45, 2.75) is 102 Å². The van der Waals surface area contributed by atoms with E-state index in [1.807, 2.05) is 6.07 Å². The summed E-state index contributed by atoms with van der Waals surface area (Å²) < 4.78 is 44.6. The highest BCUT2D eigenvalue weighted by Gasteiger charge is 2.62. The summed E-state index contributed by atoms with van der Waals surface area (Å²) in [5.41, 5.74) is -3.19. The molecule has 280 valence electrons. The zero-order chi connectivity index (χ0) is 36.8. The molecule has 3 N–H and O–H groups in total. The maximum atomic E-state index is 14.4. The third-order valence-electron chi connectivity index (χ3n) is 9.08. The fraction of sp³-hybridized carbons (Fsp3) is 0.571. The van der Waals surface area contributed by atoms with Gasteiger partial charge in [-0.3, -0.25) is 19.1 Å². The number of ether oxygens (including phenoxy) is 3. The smallest absolute Gasteiger partial charge is 0.408 e. The van der Waals surface area contributed by atoms with Gasteiger partial charge in [0.05, 0.1) is 18.9 Å². The van der Waals surface area contributed by atoms with Crippen LogP contribution in [0.3, 0.4) is 0 Å². The Morgan fingerprint density at radius 3 is 2.35 bits per heavy atom. The fourth-order valence-corrected chi connectivity index (χ4v) is 7.50. The minimum Gasteiger partial charge on any atom is -0.497 e. The Morgan fingerprint density at radius 2 is 1.78 bits per heavy atom. The van der Waals surface area contributed by atoms with E-state index >= 15 is 0 Å². The molecular weight excluding hydrogens is 702 g/mol. The Labute approximate surface area is 304 Å². The van der Waals surface area contributed by atoms with E-state index in [2.05, 4.69) is 26.9 Å². The van der Waals surface area contributed by atoms with Crippen LogP contribution in [0.5, 0.6) is 11.6 Å². The number of nitrogens with zero attached hydrogens (tertiary/aromatic N) is 2. The number of halogens is 1. The zero-order valence-corrected chi connectivity index (χ0v) is 31.6. The number of benzene rings is 1. The number of hydrogen-bond acceptors (Lipinski definition) is 10. The standard InChI is InChI=1S/C35H47N5O9S.ClH/c1-9-21-18-35(21,31(43)39-50(45,46)24-11-12-24)38-28(41)26-17-23(48-29-25-13-10-22(47-8)16-20(25)14-15-36-29)19-40(26)30(42)27(33(2,3)4)37-32(44)49-34(5,6)7;/h9-10,13-16,21,23-24,26-27H,1,11-12,17-19H2,2-8H3,(H,37,44)(H,38,41)(H,39,43);1H/t21-,23-,26+,27-,35-;/m1./s1. The Kier molecular flexibility index (Phi) is 11.3. The molecule has 16 heteroatoms. The Balaban J connectivity index is 0.00000583. The second kappa shape index (κ2) is 14.5. The lowest BCUT2D eigenvalue weighted by atomic mass is 9.85. The molecule has 2 heterocycles. The molecule has 5 atom stereocenters. The predicted octanol–water partition coefficient (Wildman–Crippen LogP) is 3.62. The van der Waals surface area contributed by atoms with Gasteiger partial charge in [0.15, 0.2) is 0 Å². The summed E-state index contributed by atoms with van der Waals surface area (Å²) in [4.78, 5) is 60.7. The third-order valence-corrected chi connectivity index (χ3v) is 10.9. The number of alkyl carbamates (subject to hydrolysis) is 1. The third kappa shape index (κ3) is 8.86. The molecule has 4 amide bonds.